The van der Waals surface area contributed by atoms with E-state index >= 15 is 0 Å². The van der Waals surface area contributed by atoms with E-state index in [-0.39, 0.29) is 23.0 Å². The van der Waals surface area contributed by atoms with Crippen LogP contribution in [0.5, 0.6) is 0 Å². The third-order valence-corrected chi connectivity index (χ3v) is 6.41. The summed E-state index contributed by atoms with van der Waals surface area (Å²) in [4.78, 5) is 17.7. The van der Waals surface area contributed by atoms with Crippen LogP contribution in [-0.2, 0) is 11.3 Å². The molecule has 8 nitrogen and oxygen atoms in total. The van der Waals surface area contributed by atoms with Crippen LogP contribution < -0.4 is 5.69 Å². The number of alkyl halides is 2. The summed E-state index contributed by atoms with van der Waals surface area (Å²) in [7, 11) is 0. The number of ether oxygens (including phenoxy) is 1. The number of halogens is 2. The van der Waals surface area contributed by atoms with Gasteiger partial charge in [-0.15, -0.1) is 10.2 Å². The number of benzene rings is 1. The summed E-state index contributed by atoms with van der Waals surface area (Å²) in [6.45, 7) is 1.86. The molecule has 1 aliphatic carbocycles. The van der Waals surface area contributed by atoms with Crippen molar-refractivity contribution in [3.8, 4) is 11.5 Å². The molecule has 164 valence electrons. The van der Waals surface area contributed by atoms with Crippen molar-refractivity contribution in [1.29, 1.82) is 0 Å². The maximum Gasteiger partial charge on any atom is 0.329 e. The van der Waals surface area contributed by atoms with Crippen molar-refractivity contribution in [2.24, 2.45) is 5.41 Å². The predicted octanol–water partition coefficient (Wildman–Crippen LogP) is 3.59. The van der Waals surface area contributed by atoms with Gasteiger partial charge in [0.1, 0.15) is 0 Å². The van der Waals surface area contributed by atoms with E-state index in [1.54, 1.807) is 16.7 Å². The van der Waals surface area contributed by atoms with Crippen LogP contribution >= 0.6 is 0 Å². The van der Waals surface area contributed by atoms with Gasteiger partial charge in [0.15, 0.2) is 0 Å². The predicted molar refractivity (Wildman–Crippen MR) is 109 cm³/mol. The average Bonchev–Trinajstić information content (AvgIpc) is 3.32. The van der Waals surface area contributed by atoms with Gasteiger partial charge in [-0.05, 0) is 37.1 Å². The number of hydrogen-bond acceptors (Lipinski definition) is 6. The summed E-state index contributed by atoms with van der Waals surface area (Å²) < 4.78 is 39.3. The van der Waals surface area contributed by atoms with Crippen LogP contribution in [0.25, 0.3) is 22.5 Å². The first-order valence-corrected chi connectivity index (χ1v) is 10.4. The van der Waals surface area contributed by atoms with Gasteiger partial charge in [0, 0.05) is 17.7 Å². The fourth-order valence-electron chi connectivity index (χ4n) is 4.73. The van der Waals surface area contributed by atoms with E-state index < -0.39 is 12.3 Å². The number of pyridine rings is 1. The molecule has 1 aromatic carbocycles. The Bertz CT molecular complexity index is 1350. The minimum Gasteiger partial charge on any atom is -0.415 e. The van der Waals surface area contributed by atoms with Gasteiger partial charge in [-0.1, -0.05) is 12.1 Å². The Kier molecular flexibility index (Phi) is 4.26. The molecule has 1 spiro atoms. The normalized spacial score (nSPS) is 17.7. The minimum atomic E-state index is -2.82. The van der Waals surface area contributed by atoms with Crippen molar-refractivity contribution in [2.45, 2.75) is 31.9 Å². The van der Waals surface area contributed by atoms with Crippen molar-refractivity contribution in [1.82, 2.24) is 24.3 Å². The van der Waals surface area contributed by atoms with Gasteiger partial charge in [-0.2, -0.15) is 8.78 Å². The summed E-state index contributed by atoms with van der Waals surface area (Å²) >= 11 is 0. The Morgan fingerprint density at radius 3 is 2.50 bits per heavy atom. The zero-order chi connectivity index (χ0) is 21.9. The highest BCUT2D eigenvalue weighted by atomic mass is 19.3. The first-order valence-electron chi connectivity index (χ1n) is 10.4. The molecular formula is C22H19F2N5O3. The van der Waals surface area contributed by atoms with E-state index in [9.17, 15) is 13.6 Å². The first-order chi connectivity index (χ1) is 15.5. The zero-order valence-electron chi connectivity index (χ0n) is 16.9. The van der Waals surface area contributed by atoms with Crippen molar-refractivity contribution in [2.75, 3.05) is 13.2 Å². The van der Waals surface area contributed by atoms with Crippen molar-refractivity contribution in [3.63, 3.8) is 0 Å². The molecule has 4 heterocycles. The van der Waals surface area contributed by atoms with Crippen LogP contribution in [0.3, 0.4) is 0 Å². The van der Waals surface area contributed by atoms with Gasteiger partial charge in [0.25, 0.3) is 5.89 Å². The summed E-state index contributed by atoms with van der Waals surface area (Å²) in [6.07, 6.45) is 0.571. The molecule has 0 unspecified atom stereocenters. The molecule has 1 aliphatic heterocycles. The fourth-order valence-corrected chi connectivity index (χ4v) is 4.73. The number of imidazole rings is 1. The van der Waals surface area contributed by atoms with Crippen LogP contribution in [-0.4, -0.2) is 37.5 Å². The van der Waals surface area contributed by atoms with Gasteiger partial charge < -0.3 is 9.15 Å². The van der Waals surface area contributed by atoms with Crippen LogP contribution in [0.15, 0.2) is 51.8 Å². The highest BCUT2D eigenvalue weighted by Gasteiger charge is 2.51. The lowest BCUT2D eigenvalue weighted by Crippen LogP contribution is -2.53. The molecule has 1 saturated carbocycles. The van der Waals surface area contributed by atoms with Gasteiger partial charge in [0.05, 0.1) is 42.0 Å². The maximum atomic E-state index is 13.4. The molecule has 2 fully saturated rings. The highest BCUT2D eigenvalue weighted by molar-refractivity contribution is 5.76. The molecule has 0 amide bonds. The third kappa shape index (κ3) is 2.97. The zero-order valence-corrected chi connectivity index (χ0v) is 16.9. The van der Waals surface area contributed by atoms with Crippen LogP contribution in [0.2, 0.25) is 0 Å². The van der Waals surface area contributed by atoms with Gasteiger partial charge in [-0.3, -0.25) is 14.1 Å². The van der Waals surface area contributed by atoms with Crippen LogP contribution in [0.1, 0.15) is 36.9 Å². The molecule has 0 atom stereocenters. The van der Waals surface area contributed by atoms with E-state index in [1.165, 1.54) is 6.20 Å². The molecule has 6 rings (SSSR count). The first kappa shape index (κ1) is 19.3. The van der Waals surface area contributed by atoms with E-state index in [4.69, 9.17) is 9.15 Å². The summed E-state index contributed by atoms with van der Waals surface area (Å²) in [5.41, 5.74) is 3.06. The number of fused-ring (bicyclic) bond motifs is 1. The van der Waals surface area contributed by atoms with Crippen molar-refractivity contribution >= 4 is 11.0 Å². The Balaban J connectivity index is 1.29. The summed E-state index contributed by atoms with van der Waals surface area (Å²) in [5, 5.41) is 6.97. The largest absolute Gasteiger partial charge is 0.415 e. The molecule has 0 bridgehead atoms. The Morgan fingerprint density at radius 2 is 1.88 bits per heavy atom. The van der Waals surface area contributed by atoms with Crippen molar-refractivity contribution in [3.05, 3.63) is 64.7 Å². The van der Waals surface area contributed by atoms with Gasteiger partial charge in [0.2, 0.25) is 5.89 Å². The molecule has 4 aromatic rings. The van der Waals surface area contributed by atoms with Crippen LogP contribution in [0, 0.1) is 5.41 Å². The lowest BCUT2D eigenvalue weighted by Gasteiger charge is -2.53. The van der Waals surface area contributed by atoms with Gasteiger partial charge >= 0.3 is 12.1 Å². The molecule has 32 heavy (non-hydrogen) atoms. The van der Waals surface area contributed by atoms with Crippen LogP contribution in [0.4, 0.5) is 8.78 Å². The average molecular weight is 439 g/mol. The van der Waals surface area contributed by atoms with E-state index in [1.807, 2.05) is 28.8 Å². The van der Waals surface area contributed by atoms with E-state index in [2.05, 4.69) is 15.2 Å². The SMILES string of the molecule is O=c1n(Cc2ccc(-c3nnc(C(F)F)o3)cn2)c2ccccc2n1C1CC2(COC2)C1. The molecule has 10 heteroatoms. The summed E-state index contributed by atoms with van der Waals surface area (Å²) in [5.74, 6) is -0.748. The monoisotopic (exact) mass is 439 g/mol. The second-order valence-electron chi connectivity index (χ2n) is 8.57. The molecule has 0 radical (unpaired) electrons. The lowest BCUT2D eigenvalue weighted by atomic mass is 9.64. The second kappa shape index (κ2) is 7.06. The third-order valence-electron chi connectivity index (χ3n) is 6.41. The van der Waals surface area contributed by atoms with Gasteiger partial charge in [-0.25, -0.2) is 4.79 Å². The minimum absolute atomic E-state index is 0.0213. The molecule has 1 saturated heterocycles. The quantitative estimate of drug-likeness (QED) is 0.472. The Morgan fingerprint density at radius 1 is 1.09 bits per heavy atom. The summed E-state index contributed by atoms with van der Waals surface area (Å²) in [6, 6.07) is 11.3. The van der Waals surface area contributed by atoms with Crippen molar-refractivity contribution < 1.29 is 17.9 Å². The van der Waals surface area contributed by atoms with E-state index in [0.29, 0.717) is 17.8 Å². The standard InChI is InChI=1S/C22H19F2N5O3/c23-18(24)20-27-26-19(32-20)13-5-6-14(25-9-13)10-28-16-3-1-2-4-17(16)29(21(28)30)15-7-22(8-15)11-31-12-22/h1-6,9,15,18H,7-8,10-12H2. The number of aromatic nitrogens is 5. The molecule has 0 N–H and O–H groups in total. The fraction of sp³-hybridized carbons (Fsp3) is 0.364. The number of hydrogen-bond donors (Lipinski definition) is 0. The molecule has 3 aromatic heterocycles. The molecular weight excluding hydrogens is 420 g/mol. The number of para-hydroxylation sites is 2. The number of rotatable bonds is 5. The topological polar surface area (TPSA) is 88.0 Å². The molecule has 2 aliphatic rings. The Labute approximate surface area is 180 Å². The lowest BCUT2D eigenvalue weighted by molar-refractivity contribution is -0.174. The maximum absolute atomic E-state index is 13.4. The number of nitrogens with zero attached hydrogens (tertiary/aromatic N) is 5. The second-order valence-corrected chi connectivity index (χ2v) is 8.57. The smallest absolute Gasteiger partial charge is 0.329 e. The highest BCUT2D eigenvalue weighted by Crippen LogP contribution is 2.53. The van der Waals surface area contributed by atoms with E-state index in [0.717, 1.165) is 37.1 Å². The Hall–Kier alpha value is -3.40.